The van der Waals surface area contributed by atoms with E-state index in [1.165, 1.54) is 6.20 Å². The molecule has 0 amide bonds. The minimum atomic E-state index is -4.37. The molecule has 1 aromatic heterocycles. The van der Waals surface area contributed by atoms with Gasteiger partial charge in [0, 0.05) is 23.9 Å². The number of aliphatic hydroxyl groups excluding tert-OH is 1. The molecular formula is C8H16N3O6P. The monoisotopic (exact) mass is 281 g/mol. The lowest BCUT2D eigenvalue weighted by molar-refractivity contribution is 0.201. The van der Waals surface area contributed by atoms with Crippen molar-refractivity contribution in [1.82, 2.24) is 4.98 Å². The van der Waals surface area contributed by atoms with Crippen LogP contribution in [-0.2, 0) is 22.3 Å². The maximum absolute atomic E-state index is 9.46. The molecule has 8 N–H and O–H groups in total. The smallest absolute Gasteiger partial charge is 0.485 e. The number of nitrogens with zero attached hydrogens (tertiary/aromatic N) is 1. The van der Waals surface area contributed by atoms with Gasteiger partial charge in [0.05, 0.1) is 12.3 Å². The molecule has 0 aromatic carbocycles. The summed E-state index contributed by atoms with van der Waals surface area (Å²) in [5.41, 5.74) is 7.09. The van der Waals surface area contributed by atoms with Gasteiger partial charge in [-0.15, -0.1) is 0 Å². The molecule has 1 rings (SSSR count). The second-order valence-electron chi connectivity index (χ2n) is 3.15. The number of phosphoric acid groups is 1. The van der Waals surface area contributed by atoms with E-state index in [1.54, 1.807) is 6.92 Å². The van der Waals surface area contributed by atoms with E-state index in [4.69, 9.17) is 20.6 Å². The first-order valence-corrected chi connectivity index (χ1v) is 6.21. The molecule has 1 heterocycles. The summed E-state index contributed by atoms with van der Waals surface area (Å²) in [6.45, 7) is 1.76. The zero-order valence-electron chi connectivity index (χ0n) is 9.65. The van der Waals surface area contributed by atoms with Crippen molar-refractivity contribution in [1.29, 1.82) is 0 Å². The zero-order chi connectivity index (χ0) is 14.3. The van der Waals surface area contributed by atoms with Gasteiger partial charge >= 0.3 is 7.82 Å². The molecule has 0 aliphatic carbocycles. The average molecular weight is 281 g/mol. The highest BCUT2D eigenvalue weighted by molar-refractivity contribution is 7.46. The number of aliphatic hydroxyl groups is 1. The second-order valence-corrected chi connectivity index (χ2v) is 4.35. The number of rotatable bonds is 3. The maximum atomic E-state index is 9.46. The minimum Gasteiger partial charge on any atom is -0.506 e. The van der Waals surface area contributed by atoms with Crippen LogP contribution in [0.5, 0.6) is 5.75 Å². The maximum Gasteiger partial charge on any atom is 0.485 e. The van der Waals surface area contributed by atoms with Crippen LogP contribution in [0.3, 0.4) is 0 Å². The summed E-state index contributed by atoms with van der Waals surface area (Å²) in [5, 5.41) is 18.3. The molecule has 10 heteroatoms. The van der Waals surface area contributed by atoms with Gasteiger partial charge in [0.15, 0.2) is 0 Å². The van der Waals surface area contributed by atoms with Gasteiger partial charge in [-0.25, -0.2) is 15.1 Å². The van der Waals surface area contributed by atoms with Crippen LogP contribution in [-0.4, -0.2) is 25.0 Å². The third-order valence-corrected chi connectivity index (χ3v) is 2.22. The minimum absolute atomic E-state index is 0.0871. The topological polar surface area (TPSA) is 172 Å². The molecule has 0 bridgehead atoms. The predicted octanol–water partition coefficient (Wildman–Crippen LogP) is -0.984. The summed E-state index contributed by atoms with van der Waals surface area (Å²) in [6, 6.07) is 0. The summed E-state index contributed by atoms with van der Waals surface area (Å²) < 4.78 is 12.5. The summed E-state index contributed by atoms with van der Waals surface area (Å²) in [5.74, 6) is 4.13. The van der Waals surface area contributed by atoms with Crippen molar-refractivity contribution in [3.63, 3.8) is 0 Å². The normalized spacial score (nSPS) is 10.8. The third kappa shape index (κ3) is 5.52. The van der Waals surface area contributed by atoms with E-state index in [9.17, 15) is 9.67 Å². The molecule has 9 nitrogen and oxygen atoms in total. The fraction of sp³-hybridized carbons (Fsp3) is 0.375. The predicted molar refractivity (Wildman–Crippen MR) is 61.8 cm³/mol. The molecule has 0 radical (unpaired) electrons. The number of pyridine rings is 1. The Labute approximate surface area is 103 Å². The molecule has 0 spiro atoms. The van der Waals surface area contributed by atoms with E-state index in [0.717, 1.165) is 0 Å². The third-order valence-electron chi connectivity index (χ3n) is 1.94. The molecule has 104 valence electrons. The first-order chi connectivity index (χ1) is 8.26. The highest BCUT2D eigenvalue weighted by Gasteiger charge is 2.09. The molecule has 0 saturated heterocycles. The Morgan fingerprint density at radius 2 is 2.00 bits per heavy atom. The lowest BCUT2D eigenvalue weighted by Gasteiger charge is -2.08. The van der Waals surface area contributed by atoms with E-state index < -0.39 is 7.82 Å². The van der Waals surface area contributed by atoms with Gasteiger partial charge in [-0.1, -0.05) is 0 Å². The summed E-state index contributed by atoms with van der Waals surface area (Å²) >= 11 is 0. The van der Waals surface area contributed by atoms with Crippen molar-refractivity contribution >= 4 is 7.82 Å². The first-order valence-electron chi connectivity index (χ1n) is 4.68. The SMILES string of the molecule is Cc1ncc(CO)c(CN)c1O.NOP(=O)(O)O. The lowest BCUT2D eigenvalue weighted by Crippen LogP contribution is -2.04. The average Bonchev–Trinajstić information content (AvgIpc) is 2.32. The summed E-state index contributed by atoms with van der Waals surface area (Å²) in [7, 11) is -4.37. The quantitative estimate of drug-likeness (QED) is 0.300. The van der Waals surface area contributed by atoms with E-state index in [2.05, 4.69) is 15.5 Å². The standard InChI is InChI=1S/C8H12N2O2.H4NO4P/c1-5-8(12)7(2-9)6(4-11)3-10-5;1-5-6(2,3)4/h3,11-12H,2,4,9H2,1H3;1H2,(H2,2,3,4). The van der Waals surface area contributed by atoms with Crippen molar-refractivity contribution in [2.75, 3.05) is 0 Å². The van der Waals surface area contributed by atoms with Gasteiger partial charge in [-0.3, -0.25) is 4.98 Å². The van der Waals surface area contributed by atoms with Gasteiger partial charge in [0.25, 0.3) is 0 Å². The molecule has 1 aromatic rings. The number of aryl methyl sites for hydroxylation is 1. The number of hydrogen-bond acceptors (Lipinski definition) is 7. The van der Waals surface area contributed by atoms with Crippen LogP contribution in [0.4, 0.5) is 0 Å². The molecular weight excluding hydrogens is 265 g/mol. The van der Waals surface area contributed by atoms with E-state index in [1.807, 2.05) is 0 Å². The highest BCUT2D eigenvalue weighted by atomic mass is 31.2. The van der Waals surface area contributed by atoms with Crippen LogP contribution in [0.2, 0.25) is 0 Å². The van der Waals surface area contributed by atoms with Crippen molar-refractivity contribution in [3.05, 3.63) is 23.0 Å². The molecule has 0 unspecified atom stereocenters. The van der Waals surface area contributed by atoms with E-state index in [-0.39, 0.29) is 18.9 Å². The Morgan fingerprint density at radius 1 is 1.50 bits per heavy atom. The van der Waals surface area contributed by atoms with E-state index in [0.29, 0.717) is 16.8 Å². The number of aromatic nitrogens is 1. The van der Waals surface area contributed by atoms with Crippen LogP contribution in [0.15, 0.2) is 6.20 Å². The van der Waals surface area contributed by atoms with Crippen LogP contribution in [0, 0.1) is 6.92 Å². The van der Waals surface area contributed by atoms with Gasteiger partial charge < -0.3 is 25.7 Å². The van der Waals surface area contributed by atoms with Gasteiger partial charge in [-0.05, 0) is 6.92 Å². The molecule has 0 saturated carbocycles. The molecule has 0 aliphatic rings. The van der Waals surface area contributed by atoms with Gasteiger partial charge in [0.1, 0.15) is 5.75 Å². The Bertz CT molecular complexity index is 435. The Balaban J connectivity index is 0.000000411. The number of aromatic hydroxyl groups is 1. The largest absolute Gasteiger partial charge is 0.506 e. The van der Waals surface area contributed by atoms with Gasteiger partial charge in [-0.2, -0.15) is 0 Å². The van der Waals surface area contributed by atoms with Crippen LogP contribution >= 0.6 is 7.82 Å². The summed E-state index contributed by atoms with van der Waals surface area (Å²) in [6.07, 6.45) is 1.53. The van der Waals surface area contributed by atoms with Crippen molar-refractivity contribution in [3.8, 4) is 5.75 Å². The fourth-order valence-electron chi connectivity index (χ4n) is 1.05. The van der Waals surface area contributed by atoms with Crippen LogP contribution < -0.4 is 11.6 Å². The number of nitrogens with two attached hydrogens (primary N) is 2. The van der Waals surface area contributed by atoms with Crippen molar-refractivity contribution in [2.45, 2.75) is 20.1 Å². The first kappa shape index (κ1) is 16.9. The number of hydrogen-bond donors (Lipinski definition) is 6. The molecule has 0 aliphatic heterocycles. The highest BCUT2D eigenvalue weighted by Crippen LogP contribution is 2.32. The van der Waals surface area contributed by atoms with Crippen molar-refractivity contribution in [2.24, 2.45) is 11.6 Å². The van der Waals surface area contributed by atoms with Gasteiger partial charge in [0.2, 0.25) is 0 Å². The van der Waals surface area contributed by atoms with Crippen LogP contribution in [0.1, 0.15) is 16.8 Å². The fourth-order valence-corrected chi connectivity index (χ4v) is 1.05. The second kappa shape index (κ2) is 7.39. The molecule has 0 fully saturated rings. The Morgan fingerprint density at radius 3 is 2.33 bits per heavy atom. The lowest BCUT2D eigenvalue weighted by atomic mass is 10.1. The molecule has 0 atom stereocenters. The zero-order valence-corrected chi connectivity index (χ0v) is 10.5. The Hall–Kier alpha value is -1.06. The van der Waals surface area contributed by atoms with Crippen LogP contribution in [0.25, 0.3) is 0 Å². The van der Waals surface area contributed by atoms with E-state index >= 15 is 0 Å². The Kier molecular flexibility index (Phi) is 6.96. The molecule has 18 heavy (non-hydrogen) atoms. The summed E-state index contributed by atoms with van der Waals surface area (Å²) in [4.78, 5) is 19.1. The van der Waals surface area contributed by atoms with Crippen molar-refractivity contribution < 1.29 is 29.2 Å².